The molecule has 0 radical (unpaired) electrons. The van der Waals surface area contributed by atoms with Crippen LogP contribution in [0.2, 0.25) is 0 Å². The number of unbranched alkanes of at least 4 members (excludes halogenated alkanes) is 10. The minimum atomic E-state index is 0.0644. The van der Waals surface area contributed by atoms with Gasteiger partial charge in [0.1, 0.15) is 12.4 Å². The molecule has 0 amide bonds. The Kier molecular flexibility index (Phi) is 18.2. The summed E-state index contributed by atoms with van der Waals surface area (Å²) >= 11 is 0. The molecule has 0 aromatic heterocycles. The Morgan fingerprint density at radius 2 is 1.13 bits per heavy atom. The topological polar surface area (TPSA) is 29.5 Å². The largest absolute Gasteiger partial charge is 0.491 e. The average Bonchev–Trinajstić information content (AvgIpc) is 2.60. The van der Waals surface area contributed by atoms with E-state index < -0.39 is 0 Å². The summed E-state index contributed by atoms with van der Waals surface area (Å²) < 4.78 is 5.11. The van der Waals surface area contributed by atoms with Crippen molar-refractivity contribution in [1.82, 2.24) is 0 Å². The first-order chi connectivity index (χ1) is 11.3. The molecule has 1 N–H and O–H groups in total. The van der Waals surface area contributed by atoms with Crippen LogP contribution in [0.4, 0.5) is 0 Å². The van der Waals surface area contributed by atoms with Gasteiger partial charge in [0.2, 0.25) is 0 Å². The maximum atomic E-state index is 8.40. The summed E-state index contributed by atoms with van der Waals surface area (Å²) in [5, 5.41) is 8.40. The Balaban J connectivity index is 0.000000433. The second-order valence-electron chi connectivity index (χ2n) is 6.07. The molecule has 1 rings (SSSR count). The fourth-order valence-electron chi connectivity index (χ4n) is 2.42. The van der Waals surface area contributed by atoms with Gasteiger partial charge < -0.3 is 9.84 Å². The average molecular weight is 323 g/mol. The van der Waals surface area contributed by atoms with Gasteiger partial charge in [0.15, 0.2) is 0 Å². The maximum Gasteiger partial charge on any atom is 0.119 e. The third-order valence-electron chi connectivity index (χ3n) is 3.81. The van der Waals surface area contributed by atoms with Crippen LogP contribution in [-0.4, -0.2) is 18.3 Å². The Morgan fingerprint density at radius 1 is 0.696 bits per heavy atom. The number of hydrogen-bond acceptors (Lipinski definition) is 2. The third kappa shape index (κ3) is 17.2. The van der Waals surface area contributed by atoms with Crippen molar-refractivity contribution in [2.75, 3.05) is 13.2 Å². The predicted molar refractivity (Wildman–Crippen MR) is 101 cm³/mol. The van der Waals surface area contributed by atoms with Gasteiger partial charge >= 0.3 is 0 Å². The summed E-state index contributed by atoms with van der Waals surface area (Å²) in [7, 11) is 0. The second-order valence-corrected chi connectivity index (χ2v) is 6.07. The Bertz CT molecular complexity index is 301. The van der Waals surface area contributed by atoms with E-state index in [2.05, 4.69) is 13.8 Å². The molecule has 1 aromatic rings. The zero-order chi connectivity index (χ0) is 17.0. The van der Waals surface area contributed by atoms with E-state index in [4.69, 9.17) is 9.84 Å². The monoisotopic (exact) mass is 322 g/mol. The summed E-state index contributed by atoms with van der Waals surface area (Å²) in [6.45, 7) is 4.99. The van der Waals surface area contributed by atoms with Crippen molar-refractivity contribution in [2.24, 2.45) is 0 Å². The van der Waals surface area contributed by atoms with E-state index in [1.54, 1.807) is 0 Å². The molecule has 0 saturated heterocycles. The van der Waals surface area contributed by atoms with Crippen LogP contribution in [0.15, 0.2) is 30.3 Å². The minimum absolute atomic E-state index is 0.0644. The molecule has 0 atom stereocenters. The normalized spacial score (nSPS) is 10.0. The maximum absolute atomic E-state index is 8.40. The van der Waals surface area contributed by atoms with Crippen LogP contribution in [-0.2, 0) is 0 Å². The molecule has 0 saturated carbocycles. The van der Waals surface area contributed by atoms with Gasteiger partial charge in [0.05, 0.1) is 6.61 Å². The molecule has 2 nitrogen and oxygen atoms in total. The van der Waals surface area contributed by atoms with E-state index in [0.29, 0.717) is 6.61 Å². The van der Waals surface area contributed by atoms with Crippen LogP contribution in [0.25, 0.3) is 0 Å². The highest BCUT2D eigenvalue weighted by atomic mass is 16.5. The number of benzene rings is 1. The smallest absolute Gasteiger partial charge is 0.119 e. The van der Waals surface area contributed by atoms with Gasteiger partial charge in [-0.05, 0) is 12.1 Å². The van der Waals surface area contributed by atoms with Crippen LogP contribution >= 0.6 is 0 Å². The van der Waals surface area contributed by atoms with Gasteiger partial charge in [-0.25, -0.2) is 0 Å². The van der Waals surface area contributed by atoms with Crippen LogP contribution in [0.1, 0.15) is 84.5 Å². The third-order valence-corrected chi connectivity index (χ3v) is 3.81. The fourth-order valence-corrected chi connectivity index (χ4v) is 2.42. The van der Waals surface area contributed by atoms with Crippen molar-refractivity contribution in [3.05, 3.63) is 30.3 Å². The molecule has 0 bridgehead atoms. The molecule has 0 spiro atoms. The Hall–Kier alpha value is -1.02. The zero-order valence-corrected chi connectivity index (χ0v) is 15.4. The van der Waals surface area contributed by atoms with E-state index in [0.717, 1.165) is 5.75 Å². The molecule has 2 heteroatoms. The molecule has 0 fully saturated rings. The van der Waals surface area contributed by atoms with Gasteiger partial charge in [-0.3, -0.25) is 0 Å². The number of hydrogen-bond donors (Lipinski definition) is 1. The van der Waals surface area contributed by atoms with Crippen molar-refractivity contribution < 1.29 is 9.84 Å². The molecule has 23 heavy (non-hydrogen) atoms. The van der Waals surface area contributed by atoms with Crippen molar-refractivity contribution in [1.29, 1.82) is 0 Å². The molecule has 0 unspecified atom stereocenters. The van der Waals surface area contributed by atoms with E-state index in [1.807, 2.05) is 30.3 Å². The van der Waals surface area contributed by atoms with E-state index in [1.165, 1.54) is 70.6 Å². The zero-order valence-electron chi connectivity index (χ0n) is 15.4. The highest BCUT2D eigenvalue weighted by Crippen LogP contribution is 2.10. The van der Waals surface area contributed by atoms with Crippen molar-refractivity contribution in [3.8, 4) is 5.75 Å². The fraction of sp³-hybridized carbons (Fsp3) is 0.714. The molecular formula is C21H38O2. The lowest BCUT2D eigenvalue weighted by Gasteiger charge is -2.01. The molecular weight excluding hydrogens is 284 g/mol. The highest BCUT2D eigenvalue weighted by Gasteiger charge is 1.91. The number of aliphatic hydroxyl groups excluding tert-OH is 1. The van der Waals surface area contributed by atoms with Crippen LogP contribution in [0, 0.1) is 0 Å². The van der Waals surface area contributed by atoms with Gasteiger partial charge in [0, 0.05) is 0 Å². The van der Waals surface area contributed by atoms with Crippen molar-refractivity contribution in [3.63, 3.8) is 0 Å². The van der Waals surface area contributed by atoms with Crippen molar-refractivity contribution in [2.45, 2.75) is 84.5 Å². The number of rotatable bonds is 13. The standard InChI is InChI=1S/C13H28.C8H10O2/c1-3-5-7-9-11-13-12-10-8-6-4-2;9-6-7-10-8-4-2-1-3-5-8/h3-13H2,1-2H3;1-5,9H,6-7H2. The first-order valence-corrected chi connectivity index (χ1v) is 9.63. The van der Waals surface area contributed by atoms with Gasteiger partial charge in [-0.15, -0.1) is 0 Å². The molecule has 0 aliphatic heterocycles. The van der Waals surface area contributed by atoms with E-state index in [-0.39, 0.29) is 6.61 Å². The summed E-state index contributed by atoms with van der Waals surface area (Å²) in [4.78, 5) is 0. The summed E-state index contributed by atoms with van der Waals surface area (Å²) in [5.41, 5.74) is 0. The molecule has 1 aromatic carbocycles. The lowest BCUT2D eigenvalue weighted by molar-refractivity contribution is 0.201. The Morgan fingerprint density at radius 3 is 1.52 bits per heavy atom. The first-order valence-electron chi connectivity index (χ1n) is 9.63. The summed E-state index contributed by atoms with van der Waals surface area (Å²) in [5.74, 6) is 0.802. The highest BCUT2D eigenvalue weighted by molar-refractivity contribution is 5.20. The van der Waals surface area contributed by atoms with E-state index in [9.17, 15) is 0 Å². The quantitative estimate of drug-likeness (QED) is 0.427. The second kappa shape index (κ2) is 19.0. The van der Waals surface area contributed by atoms with E-state index >= 15 is 0 Å². The summed E-state index contributed by atoms with van der Waals surface area (Å²) in [6, 6.07) is 9.43. The Labute approximate surface area is 144 Å². The molecule has 134 valence electrons. The van der Waals surface area contributed by atoms with Gasteiger partial charge in [-0.2, -0.15) is 0 Å². The molecule has 0 aliphatic carbocycles. The van der Waals surface area contributed by atoms with Crippen molar-refractivity contribution >= 4 is 0 Å². The predicted octanol–water partition coefficient (Wildman–Crippen LogP) is 6.38. The SMILES string of the molecule is CCCCCCCCCCCCC.OCCOc1ccccc1. The summed E-state index contributed by atoms with van der Waals surface area (Å²) in [6.07, 6.45) is 15.9. The number of ether oxygens (including phenoxy) is 1. The van der Waals surface area contributed by atoms with Crippen LogP contribution in [0.5, 0.6) is 5.75 Å². The number of aliphatic hydroxyl groups is 1. The van der Waals surface area contributed by atoms with Gasteiger partial charge in [-0.1, -0.05) is 103 Å². The van der Waals surface area contributed by atoms with Gasteiger partial charge in [0.25, 0.3) is 0 Å². The lowest BCUT2D eigenvalue weighted by atomic mass is 10.1. The van der Waals surface area contributed by atoms with Crippen LogP contribution in [0.3, 0.4) is 0 Å². The molecule has 0 heterocycles. The lowest BCUT2D eigenvalue weighted by Crippen LogP contribution is -2.00. The number of para-hydroxylation sites is 1. The van der Waals surface area contributed by atoms with Crippen LogP contribution < -0.4 is 4.74 Å². The minimum Gasteiger partial charge on any atom is -0.491 e. The molecule has 0 aliphatic rings. The first kappa shape index (κ1) is 22.0.